The third kappa shape index (κ3) is 3.89. The van der Waals surface area contributed by atoms with Gasteiger partial charge in [0.15, 0.2) is 27.0 Å². The fraction of sp³-hybridized carbons (Fsp3) is 0.458. The Morgan fingerprint density at radius 1 is 1.12 bits per heavy atom. The number of ether oxygens (including phenoxy) is 2. The summed E-state index contributed by atoms with van der Waals surface area (Å²) < 4.78 is 37.4. The van der Waals surface area contributed by atoms with E-state index in [0.29, 0.717) is 65.0 Å². The molecule has 4 heterocycles. The number of hydrogen-bond donors (Lipinski definition) is 1. The molecule has 0 bridgehead atoms. The zero-order valence-electron chi connectivity index (χ0n) is 18.9. The lowest BCUT2D eigenvalue weighted by atomic mass is 10.1. The second kappa shape index (κ2) is 7.97. The number of fused-ring (bicyclic) bond motifs is 2. The molecule has 1 amide bonds. The third-order valence-corrected chi connectivity index (χ3v) is 8.41. The van der Waals surface area contributed by atoms with Crippen molar-refractivity contribution in [3.8, 4) is 11.5 Å². The Balaban J connectivity index is 1.39. The molecule has 34 heavy (non-hydrogen) atoms. The Morgan fingerprint density at radius 2 is 1.91 bits per heavy atom. The van der Waals surface area contributed by atoms with Crippen molar-refractivity contribution in [3.05, 3.63) is 41.2 Å². The molecule has 2 aliphatic heterocycles. The average Bonchev–Trinajstić information content (AvgIpc) is 3.57. The van der Waals surface area contributed by atoms with Gasteiger partial charge >= 0.3 is 0 Å². The van der Waals surface area contributed by atoms with Crippen LogP contribution < -0.4 is 14.8 Å². The van der Waals surface area contributed by atoms with Crippen LogP contribution in [0.4, 0.5) is 5.69 Å². The molecule has 1 atom stereocenters. The van der Waals surface area contributed by atoms with Crippen LogP contribution in [0.25, 0.3) is 11.0 Å². The van der Waals surface area contributed by atoms with E-state index in [-0.39, 0.29) is 23.5 Å². The van der Waals surface area contributed by atoms with Gasteiger partial charge in [0.1, 0.15) is 0 Å². The Bertz CT molecular complexity index is 1410. The second-order valence-corrected chi connectivity index (χ2v) is 11.5. The Kier molecular flexibility index (Phi) is 5.02. The van der Waals surface area contributed by atoms with Crippen LogP contribution in [0.15, 0.2) is 24.3 Å². The van der Waals surface area contributed by atoms with Gasteiger partial charge in [-0.25, -0.2) is 18.1 Å². The zero-order valence-corrected chi connectivity index (χ0v) is 19.7. The number of amides is 1. The quantitative estimate of drug-likeness (QED) is 0.606. The molecule has 0 radical (unpaired) electrons. The van der Waals surface area contributed by atoms with E-state index < -0.39 is 9.84 Å². The topological polar surface area (TPSA) is 112 Å². The molecule has 2 aromatic heterocycles. The number of sulfone groups is 1. The van der Waals surface area contributed by atoms with Crippen LogP contribution in [0.5, 0.6) is 11.5 Å². The number of nitrogens with one attached hydrogen (secondary N) is 1. The van der Waals surface area contributed by atoms with Crippen LogP contribution >= 0.6 is 0 Å². The van der Waals surface area contributed by atoms with Crippen molar-refractivity contribution in [2.24, 2.45) is 0 Å². The minimum atomic E-state index is -3.08. The number of pyridine rings is 1. The van der Waals surface area contributed by atoms with E-state index in [1.165, 1.54) is 0 Å². The van der Waals surface area contributed by atoms with Gasteiger partial charge in [0.2, 0.25) is 0 Å². The standard InChI is InChI=1S/C24H26N4O5S/c1-14-22-18(24(29)25-16-5-6-20-21(11-16)33-9-2-8-32-20)12-19(15-3-4-15)26-23(22)28(27-14)17-7-10-34(30,31)13-17/h5-6,11-12,15,17H,2-4,7-10,13H2,1H3,(H,25,29)/t17-/m1/s1. The summed E-state index contributed by atoms with van der Waals surface area (Å²) in [4.78, 5) is 18.4. The summed E-state index contributed by atoms with van der Waals surface area (Å²) in [6.07, 6.45) is 3.38. The van der Waals surface area contributed by atoms with Gasteiger partial charge in [-0.1, -0.05) is 0 Å². The lowest BCUT2D eigenvalue weighted by Gasteiger charge is -2.13. The Hall–Kier alpha value is -3.14. The van der Waals surface area contributed by atoms with E-state index in [0.717, 1.165) is 25.0 Å². The normalized spacial score (nSPS) is 21.4. The molecule has 6 rings (SSSR count). The first kappa shape index (κ1) is 21.4. The van der Waals surface area contributed by atoms with Crippen molar-refractivity contribution < 1.29 is 22.7 Å². The SMILES string of the molecule is Cc1nn([C@@H]2CCS(=O)(=O)C2)c2nc(C3CC3)cc(C(=O)Nc3ccc4c(c3)OCCCO4)c12. The van der Waals surface area contributed by atoms with Crippen molar-refractivity contribution >= 4 is 32.5 Å². The summed E-state index contributed by atoms with van der Waals surface area (Å²) >= 11 is 0. The van der Waals surface area contributed by atoms with E-state index in [2.05, 4.69) is 10.4 Å². The smallest absolute Gasteiger partial charge is 0.256 e. The minimum absolute atomic E-state index is 0.0529. The number of rotatable bonds is 4. The number of nitrogens with zero attached hydrogens (tertiary/aromatic N) is 3. The molecule has 1 aromatic carbocycles. The van der Waals surface area contributed by atoms with Crippen LogP contribution in [0.2, 0.25) is 0 Å². The monoisotopic (exact) mass is 482 g/mol. The predicted molar refractivity (Wildman–Crippen MR) is 127 cm³/mol. The van der Waals surface area contributed by atoms with Gasteiger partial charge in [-0.15, -0.1) is 0 Å². The molecule has 0 unspecified atom stereocenters. The summed E-state index contributed by atoms with van der Waals surface area (Å²) in [5.74, 6) is 1.55. The average molecular weight is 483 g/mol. The van der Waals surface area contributed by atoms with Crippen molar-refractivity contribution in [2.75, 3.05) is 30.0 Å². The molecule has 1 aliphatic carbocycles. The summed E-state index contributed by atoms with van der Waals surface area (Å²) in [6.45, 7) is 3.00. The lowest BCUT2D eigenvalue weighted by Crippen LogP contribution is -2.15. The molecule has 9 nitrogen and oxygen atoms in total. The number of carbonyl (C=O) groups is 1. The lowest BCUT2D eigenvalue weighted by molar-refractivity contribution is 0.102. The first-order valence-corrected chi connectivity index (χ1v) is 13.5. The van der Waals surface area contributed by atoms with Crippen LogP contribution in [-0.2, 0) is 9.84 Å². The maximum absolute atomic E-state index is 13.5. The van der Waals surface area contributed by atoms with Crippen LogP contribution in [0.1, 0.15) is 59.4 Å². The Morgan fingerprint density at radius 3 is 2.65 bits per heavy atom. The molecule has 3 aromatic rings. The third-order valence-electron chi connectivity index (χ3n) is 6.66. The molecule has 1 saturated heterocycles. The number of aryl methyl sites for hydroxylation is 1. The highest BCUT2D eigenvalue weighted by Gasteiger charge is 2.34. The predicted octanol–water partition coefficient (Wildman–Crippen LogP) is 3.39. The fourth-order valence-electron chi connectivity index (χ4n) is 4.76. The molecule has 3 aliphatic rings. The summed E-state index contributed by atoms with van der Waals surface area (Å²) in [5.41, 5.74) is 3.23. The molecular weight excluding hydrogens is 456 g/mol. The minimum Gasteiger partial charge on any atom is -0.490 e. The summed E-state index contributed by atoms with van der Waals surface area (Å²) in [5, 5.41) is 8.31. The molecule has 1 N–H and O–H groups in total. The molecule has 0 spiro atoms. The van der Waals surface area contributed by atoms with Gasteiger partial charge in [0, 0.05) is 29.8 Å². The summed E-state index contributed by atoms with van der Waals surface area (Å²) in [7, 11) is -3.08. The zero-order chi connectivity index (χ0) is 23.4. The largest absolute Gasteiger partial charge is 0.490 e. The van der Waals surface area contributed by atoms with Gasteiger partial charge in [-0.2, -0.15) is 5.10 Å². The molecule has 178 valence electrons. The number of anilines is 1. The van der Waals surface area contributed by atoms with E-state index in [4.69, 9.17) is 14.5 Å². The number of carbonyl (C=O) groups excluding carboxylic acids is 1. The van der Waals surface area contributed by atoms with Crippen LogP contribution in [-0.4, -0.2) is 53.8 Å². The fourth-order valence-corrected chi connectivity index (χ4v) is 6.45. The van der Waals surface area contributed by atoms with Crippen molar-refractivity contribution in [2.45, 2.75) is 44.6 Å². The molecule has 1 saturated carbocycles. The first-order chi connectivity index (χ1) is 16.4. The van der Waals surface area contributed by atoms with Crippen LogP contribution in [0, 0.1) is 6.92 Å². The number of hydrogen-bond acceptors (Lipinski definition) is 7. The maximum atomic E-state index is 13.5. The Labute approximate surface area is 197 Å². The van der Waals surface area contributed by atoms with E-state index in [1.54, 1.807) is 22.9 Å². The van der Waals surface area contributed by atoms with E-state index in [1.807, 2.05) is 13.0 Å². The summed E-state index contributed by atoms with van der Waals surface area (Å²) in [6, 6.07) is 6.98. The second-order valence-electron chi connectivity index (χ2n) is 9.32. The van der Waals surface area contributed by atoms with Gasteiger partial charge < -0.3 is 14.8 Å². The van der Waals surface area contributed by atoms with Crippen LogP contribution in [0.3, 0.4) is 0 Å². The molecular formula is C24H26N4O5S. The van der Waals surface area contributed by atoms with Gasteiger partial charge in [-0.3, -0.25) is 4.79 Å². The highest BCUT2D eigenvalue weighted by atomic mass is 32.2. The van der Waals surface area contributed by atoms with Crippen molar-refractivity contribution in [1.82, 2.24) is 14.8 Å². The number of benzene rings is 1. The van der Waals surface area contributed by atoms with Crippen molar-refractivity contribution in [3.63, 3.8) is 0 Å². The van der Waals surface area contributed by atoms with Gasteiger partial charge in [-0.05, 0) is 44.4 Å². The van der Waals surface area contributed by atoms with Gasteiger partial charge in [0.05, 0.1) is 47.4 Å². The highest BCUT2D eigenvalue weighted by molar-refractivity contribution is 7.91. The highest BCUT2D eigenvalue weighted by Crippen LogP contribution is 2.41. The van der Waals surface area contributed by atoms with E-state index in [9.17, 15) is 13.2 Å². The van der Waals surface area contributed by atoms with E-state index >= 15 is 0 Å². The molecule has 10 heteroatoms. The number of aromatic nitrogens is 3. The first-order valence-electron chi connectivity index (χ1n) is 11.7. The van der Waals surface area contributed by atoms with Crippen molar-refractivity contribution in [1.29, 1.82) is 0 Å². The van der Waals surface area contributed by atoms with Gasteiger partial charge in [0.25, 0.3) is 5.91 Å². The molecule has 2 fully saturated rings. The maximum Gasteiger partial charge on any atom is 0.256 e.